The third-order valence-electron chi connectivity index (χ3n) is 1.25. The second-order valence-electron chi connectivity index (χ2n) is 2.16. The van der Waals surface area contributed by atoms with E-state index in [0.717, 1.165) is 0 Å². The highest BCUT2D eigenvalue weighted by atomic mass is 16.6. The summed E-state index contributed by atoms with van der Waals surface area (Å²) in [5.74, 6) is -0.959. The van der Waals surface area contributed by atoms with Gasteiger partial charge < -0.3 is 9.47 Å². The predicted octanol–water partition coefficient (Wildman–Crippen LogP) is -0.137. The summed E-state index contributed by atoms with van der Waals surface area (Å²) in [4.78, 5) is 21.3. The Labute approximate surface area is 58.1 Å². The van der Waals surface area contributed by atoms with Crippen LogP contribution in [0.2, 0.25) is 0 Å². The number of carbonyl (C=O) groups excluding carboxylic acids is 2. The number of rotatable bonds is 0. The monoisotopic (exact) mass is 144 g/mol. The Hall–Kier alpha value is -1.06. The van der Waals surface area contributed by atoms with Gasteiger partial charge in [0.1, 0.15) is 0 Å². The van der Waals surface area contributed by atoms with Gasteiger partial charge in [-0.1, -0.05) is 0 Å². The fourth-order valence-corrected chi connectivity index (χ4v) is 0.636. The zero-order valence-electron chi connectivity index (χ0n) is 5.79. The maximum absolute atomic E-state index is 10.7. The van der Waals surface area contributed by atoms with Crippen molar-refractivity contribution < 1.29 is 19.1 Å². The van der Waals surface area contributed by atoms with E-state index >= 15 is 0 Å². The lowest BCUT2D eigenvalue weighted by atomic mass is 10.3. The SMILES string of the molecule is C[C@H]1OC(=O)[C@@H](C)OC1=O. The first-order valence-electron chi connectivity index (χ1n) is 3.02. The van der Waals surface area contributed by atoms with E-state index in [1.54, 1.807) is 0 Å². The molecular weight excluding hydrogens is 136 g/mol. The smallest absolute Gasteiger partial charge is 0.347 e. The van der Waals surface area contributed by atoms with Crippen molar-refractivity contribution in [1.82, 2.24) is 0 Å². The largest absolute Gasteiger partial charge is 0.448 e. The minimum Gasteiger partial charge on any atom is -0.448 e. The van der Waals surface area contributed by atoms with Crippen LogP contribution in [0.4, 0.5) is 0 Å². The molecule has 0 bridgehead atoms. The van der Waals surface area contributed by atoms with Gasteiger partial charge in [-0.15, -0.1) is 0 Å². The van der Waals surface area contributed by atoms with Crippen LogP contribution in [0.15, 0.2) is 0 Å². The van der Waals surface area contributed by atoms with Gasteiger partial charge in [-0.3, -0.25) is 0 Å². The minimum absolute atomic E-state index is 0.480. The van der Waals surface area contributed by atoms with E-state index in [2.05, 4.69) is 9.47 Å². The van der Waals surface area contributed by atoms with Crippen molar-refractivity contribution in [2.75, 3.05) is 0 Å². The third-order valence-corrected chi connectivity index (χ3v) is 1.25. The molecule has 1 aliphatic heterocycles. The van der Waals surface area contributed by atoms with Gasteiger partial charge in [-0.25, -0.2) is 9.59 Å². The van der Waals surface area contributed by atoms with E-state index in [9.17, 15) is 9.59 Å². The molecule has 4 nitrogen and oxygen atoms in total. The lowest BCUT2D eigenvalue weighted by Gasteiger charge is -2.22. The van der Waals surface area contributed by atoms with Crippen molar-refractivity contribution in [2.45, 2.75) is 26.1 Å². The maximum atomic E-state index is 10.7. The molecule has 0 aliphatic carbocycles. The zero-order chi connectivity index (χ0) is 7.72. The van der Waals surface area contributed by atoms with Gasteiger partial charge in [0.25, 0.3) is 0 Å². The predicted molar refractivity (Wildman–Crippen MR) is 31.1 cm³/mol. The van der Waals surface area contributed by atoms with Gasteiger partial charge in [0, 0.05) is 0 Å². The summed E-state index contributed by atoms with van der Waals surface area (Å²) < 4.78 is 9.19. The molecule has 0 unspecified atom stereocenters. The number of carbonyl (C=O) groups is 2. The Morgan fingerprint density at radius 3 is 1.60 bits per heavy atom. The van der Waals surface area contributed by atoms with E-state index in [4.69, 9.17) is 0 Å². The number of cyclic esters (lactones) is 2. The standard InChI is InChI=1S/C6H8O4/c1-3-5(7)10-4(2)6(8)9-3/h3-4H,1-2H3/t3-,4-/m1/s1. The van der Waals surface area contributed by atoms with Crippen molar-refractivity contribution in [3.8, 4) is 0 Å². The summed E-state index contributed by atoms with van der Waals surface area (Å²) in [6.07, 6.45) is -1.49. The van der Waals surface area contributed by atoms with E-state index in [-0.39, 0.29) is 0 Å². The van der Waals surface area contributed by atoms with Crippen LogP contribution in [-0.2, 0) is 19.1 Å². The second kappa shape index (κ2) is 2.28. The summed E-state index contributed by atoms with van der Waals surface area (Å²) in [6, 6.07) is 0. The molecule has 0 aromatic carbocycles. The van der Waals surface area contributed by atoms with Gasteiger partial charge in [-0.05, 0) is 13.8 Å². The number of hydrogen-bond donors (Lipinski definition) is 0. The molecule has 0 saturated carbocycles. The Morgan fingerprint density at radius 1 is 1.00 bits per heavy atom. The second-order valence-corrected chi connectivity index (χ2v) is 2.16. The fraction of sp³-hybridized carbons (Fsp3) is 0.667. The molecule has 4 heteroatoms. The van der Waals surface area contributed by atoms with E-state index in [0.29, 0.717) is 0 Å². The van der Waals surface area contributed by atoms with Crippen molar-refractivity contribution >= 4 is 11.9 Å². The van der Waals surface area contributed by atoms with E-state index in [1.807, 2.05) is 0 Å². The van der Waals surface area contributed by atoms with Crippen LogP contribution in [0.1, 0.15) is 13.8 Å². The molecule has 56 valence electrons. The van der Waals surface area contributed by atoms with Crippen molar-refractivity contribution in [3.05, 3.63) is 0 Å². The van der Waals surface area contributed by atoms with Crippen molar-refractivity contribution in [3.63, 3.8) is 0 Å². The van der Waals surface area contributed by atoms with E-state index < -0.39 is 24.1 Å². The average Bonchev–Trinajstić information content (AvgIpc) is 1.84. The molecule has 0 amide bonds. The summed E-state index contributed by atoms with van der Waals surface area (Å²) in [5.41, 5.74) is 0. The van der Waals surface area contributed by atoms with Crippen LogP contribution in [0.5, 0.6) is 0 Å². The summed E-state index contributed by atoms with van der Waals surface area (Å²) in [7, 11) is 0. The van der Waals surface area contributed by atoms with Gasteiger partial charge in [0.15, 0.2) is 12.2 Å². The van der Waals surface area contributed by atoms with Crippen LogP contribution in [0.3, 0.4) is 0 Å². The van der Waals surface area contributed by atoms with E-state index in [1.165, 1.54) is 13.8 Å². The van der Waals surface area contributed by atoms with Gasteiger partial charge in [0.05, 0.1) is 0 Å². The Bertz CT molecular complexity index is 155. The Balaban J connectivity index is 2.63. The zero-order valence-corrected chi connectivity index (χ0v) is 5.79. The first kappa shape index (κ1) is 7.05. The highest BCUT2D eigenvalue weighted by molar-refractivity contribution is 5.86. The number of hydrogen-bond acceptors (Lipinski definition) is 4. The molecule has 1 aliphatic rings. The first-order chi connectivity index (χ1) is 4.61. The molecule has 0 spiro atoms. The molecule has 0 aromatic rings. The quantitative estimate of drug-likeness (QED) is 0.444. The molecule has 2 atom stereocenters. The molecule has 1 heterocycles. The molecule has 1 saturated heterocycles. The maximum Gasteiger partial charge on any atom is 0.347 e. The average molecular weight is 144 g/mol. The van der Waals surface area contributed by atoms with Crippen LogP contribution >= 0.6 is 0 Å². The van der Waals surface area contributed by atoms with Gasteiger partial charge in [0.2, 0.25) is 0 Å². The van der Waals surface area contributed by atoms with Crippen molar-refractivity contribution in [2.24, 2.45) is 0 Å². The fourth-order valence-electron chi connectivity index (χ4n) is 0.636. The Kier molecular flexibility index (Phi) is 1.61. The molecule has 0 N–H and O–H groups in total. The summed E-state index contributed by atoms with van der Waals surface area (Å²) in [6.45, 7) is 2.96. The highest BCUT2D eigenvalue weighted by Crippen LogP contribution is 2.08. The normalized spacial score (nSPS) is 33.0. The molecule has 1 fully saturated rings. The van der Waals surface area contributed by atoms with Crippen LogP contribution in [-0.4, -0.2) is 24.1 Å². The topological polar surface area (TPSA) is 52.6 Å². The highest BCUT2D eigenvalue weighted by Gasteiger charge is 2.32. The van der Waals surface area contributed by atoms with Gasteiger partial charge >= 0.3 is 11.9 Å². The molecule has 1 rings (SSSR count). The lowest BCUT2D eigenvalue weighted by Crippen LogP contribution is -2.40. The van der Waals surface area contributed by atoms with Gasteiger partial charge in [-0.2, -0.15) is 0 Å². The summed E-state index contributed by atoms with van der Waals surface area (Å²) >= 11 is 0. The molecular formula is C6H8O4. The number of esters is 2. The minimum atomic E-state index is -0.747. The number of ether oxygens (including phenoxy) is 2. The van der Waals surface area contributed by atoms with Crippen LogP contribution in [0, 0.1) is 0 Å². The third kappa shape index (κ3) is 1.10. The molecule has 0 aromatic heterocycles. The Morgan fingerprint density at radius 2 is 1.30 bits per heavy atom. The van der Waals surface area contributed by atoms with Crippen LogP contribution < -0.4 is 0 Å². The summed E-state index contributed by atoms with van der Waals surface area (Å²) in [5, 5.41) is 0. The van der Waals surface area contributed by atoms with Crippen LogP contribution in [0.25, 0.3) is 0 Å². The van der Waals surface area contributed by atoms with Crippen molar-refractivity contribution in [1.29, 1.82) is 0 Å². The molecule has 10 heavy (non-hydrogen) atoms. The molecule has 0 radical (unpaired) electrons. The lowest BCUT2D eigenvalue weighted by molar-refractivity contribution is -0.191. The first-order valence-corrected chi connectivity index (χ1v) is 3.02.